The summed E-state index contributed by atoms with van der Waals surface area (Å²) < 4.78 is 54.0. The molecule has 0 saturated heterocycles. The summed E-state index contributed by atoms with van der Waals surface area (Å²) in [5.74, 6) is 4.65. The molecule has 0 aliphatic rings. The van der Waals surface area contributed by atoms with E-state index in [1.807, 2.05) is 0 Å². The Hall–Kier alpha value is -1.41. The standard InChI is InChI=1S/C13H11ClF4O/c14-7-1-3-10-4-5-11(15)12(9-10)19-8-2-6-13(16,17)18/h4-5,9H,2,6-8H2. The van der Waals surface area contributed by atoms with Crippen LogP contribution in [0, 0.1) is 17.7 Å². The van der Waals surface area contributed by atoms with Crippen molar-refractivity contribution in [1.29, 1.82) is 0 Å². The number of hydrogen-bond donors (Lipinski definition) is 0. The van der Waals surface area contributed by atoms with E-state index in [0.29, 0.717) is 5.56 Å². The van der Waals surface area contributed by atoms with Crippen LogP contribution in [0.5, 0.6) is 5.75 Å². The molecule has 1 aromatic rings. The predicted octanol–water partition coefficient (Wildman–Crippen LogP) is 4.14. The molecule has 0 spiro atoms. The highest BCUT2D eigenvalue weighted by atomic mass is 35.5. The van der Waals surface area contributed by atoms with Crippen LogP contribution in [0.4, 0.5) is 17.6 Å². The Labute approximate surface area is 113 Å². The van der Waals surface area contributed by atoms with Gasteiger partial charge in [-0.25, -0.2) is 4.39 Å². The topological polar surface area (TPSA) is 9.23 Å². The fourth-order valence-electron chi connectivity index (χ4n) is 1.28. The van der Waals surface area contributed by atoms with Crippen molar-refractivity contribution in [3.8, 4) is 17.6 Å². The summed E-state index contributed by atoms with van der Waals surface area (Å²) in [6.07, 6.45) is -5.41. The van der Waals surface area contributed by atoms with Gasteiger partial charge in [-0.05, 0) is 24.6 Å². The number of rotatable bonds is 4. The van der Waals surface area contributed by atoms with Gasteiger partial charge >= 0.3 is 6.18 Å². The summed E-state index contributed by atoms with van der Waals surface area (Å²) in [4.78, 5) is 0. The normalized spacial score (nSPS) is 10.8. The maximum absolute atomic E-state index is 13.3. The van der Waals surface area contributed by atoms with E-state index in [-0.39, 0.29) is 24.7 Å². The van der Waals surface area contributed by atoms with Gasteiger partial charge in [0.2, 0.25) is 0 Å². The minimum atomic E-state index is -4.23. The lowest BCUT2D eigenvalue weighted by atomic mass is 10.2. The van der Waals surface area contributed by atoms with Gasteiger partial charge in [-0.1, -0.05) is 11.8 Å². The molecule has 0 radical (unpaired) electrons. The number of halogens is 5. The molecule has 0 saturated carbocycles. The molecule has 0 unspecified atom stereocenters. The Morgan fingerprint density at radius 2 is 2.00 bits per heavy atom. The molecule has 0 N–H and O–H groups in total. The lowest BCUT2D eigenvalue weighted by Gasteiger charge is -2.09. The zero-order chi connectivity index (χ0) is 14.3. The number of ether oxygens (including phenoxy) is 1. The highest BCUT2D eigenvalue weighted by molar-refractivity contribution is 6.19. The highest BCUT2D eigenvalue weighted by Crippen LogP contribution is 2.23. The van der Waals surface area contributed by atoms with Crippen LogP contribution < -0.4 is 4.74 Å². The molecule has 0 amide bonds. The Bertz CT molecular complexity index is 474. The first-order valence-corrected chi connectivity index (χ1v) is 6.00. The largest absolute Gasteiger partial charge is 0.490 e. The Balaban J connectivity index is 2.57. The van der Waals surface area contributed by atoms with Crippen LogP contribution in [0.3, 0.4) is 0 Å². The van der Waals surface area contributed by atoms with Crippen molar-refractivity contribution < 1.29 is 22.3 Å². The van der Waals surface area contributed by atoms with Gasteiger partial charge < -0.3 is 4.74 Å². The molecule has 0 aliphatic heterocycles. The molecule has 0 aromatic heterocycles. The monoisotopic (exact) mass is 294 g/mol. The number of benzene rings is 1. The van der Waals surface area contributed by atoms with E-state index in [9.17, 15) is 17.6 Å². The third kappa shape index (κ3) is 6.35. The Morgan fingerprint density at radius 3 is 2.63 bits per heavy atom. The van der Waals surface area contributed by atoms with Crippen molar-refractivity contribution >= 4 is 11.6 Å². The predicted molar refractivity (Wildman–Crippen MR) is 64.8 cm³/mol. The molecule has 104 valence electrons. The smallest absolute Gasteiger partial charge is 0.389 e. The second-order valence-electron chi connectivity index (χ2n) is 3.65. The molecule has 1 aromatic carbocycles. The summed E-state index contributed by atoms with van der Waals surface area (Å²) in [5.41, 5.74) is 0.493. The molecule has 1 rings (SSSR count). The van der Waals surface area contributed by atoms with Crippen LogP contribution in [-0.4, -0.2) is 18.7 Å². The average Bonchev–Trinajstić information content (AvgIpc) is 2.33. The van der Waals surface area contributed by atoms with E-state index < -0.39 is 18.4 Å². The molecular formula is C13H11ClF4O. The van der Waals surface area contributed by atoms with Gasteiger partial charge in [-0.15, -0.1) is 11.6 Å². The van der Waals surface area contributed by atoms with Crippen molar-refractivity contribution in [2.24, 2.45) is 0 Å². The summed E-state index contributed by atoms with van der Waals surface area (Å²) in [5, 5.41) is 0. The van der Waals surface area contributed by atoms with Crippen molar-refractivity contribution in [3.05, 3.63) is 29.6 Å². The quantitative estimate of drug-likeness (QED) is 0.351. The lowest BCUT2D eigenvalue weighted by molar-refractivity contribution is -0.136. The summed E-state index contributed by atoms with van der Waals surface area (Å²) in [6, 6.07) is 3.93. The van der Waals surface area contributed by atoms with E-state index in [2.05, 4.69) is 11.8 Å². The first kappa shape index (κ1) is 15.6. The van der Waals surface area contributed by atoms with Crippen LogP contribution in [-0.2, 0) is 0 Å². The van der Waals surface area contributed by atoms with E-state index >= 15 is 0 Å². The zero-order valence-electron chi connectivity index (χ0n) is 9.86. The molecule has 0 fully saturated rings. The van der Waals surface area contributed by atoms with Crippen molar-refractivity contribution in [3.63, 3.8) is 0 Å². The van der Waals surface area contributed by atoms with Gasteiger partial charge in [0.05, 0.1) is 12.5 Å². The molecule has 1 nitrogen and oxygen atoms in total. The van der Waals surface area contributed by atoms with Crippen LogP contribution in [0.2, 0.25) is 0 Å². The molecule has 0 aliphatic carbocycles. The fraction of sp³-hybridized carbons (Fsp3) is 0.385. The van der Waals surface area contributed by atoms with Crippen LogP contribution in [0.25, 0.3) is 0 Å². The van der Waals surface area contributed by atoms with E-state index in [0.717, 1.165) is 6.07 Å². The first-order valence-electron chi connectivity index (χ1n) is 5.46. The van der Waals surface area contributed by atoms with Crippen LogP contribution in [0.15, 0.2) is 18.2 Å². The number of alkyl halides is 4. The molecule has 0 atom stereocenters. The summed E-state index contributed by atoms with van der Waals surface area (Å²) >= 11 is 5.38. The van der Waals surface area contributed by atoms with Gasteiger partial charge in [-0.3, -0.25) is 0 Å². The second-order valence-corrected chi connectivity index (χ2v) is 3.92. The first-order chi connectivity index (χ1) is 8.92. The van der Waals surface area contributed by atoms with Crippen molar-refractivity contribution in [2.75, 3.05) is 12.5 Å². The number of hydrogen-bond acceptors (Lipinski definition) is 1. The minimum Gasteiger partial charge on any atom is -0.490 e. The molecule has 0 bridgehead atoms. The summed E-state index contributed by atoms with van der Waals surface area (Å²) in [7, 11) is 0. The van der Waals surface area contributed by atoms with Gasteiger partial charge in [0.15, 0.2) is 11.6 Å². The minimum absolute atomic E-state index is 0.108. The van der Waals surface area contributed by atoms with Crippen molar-refractivity contribution in [1.82, 2.24) is 0 Å². The van der Waals surface area contributed by atoms with Gasteiger partial charge in [0, 0.05) is 12.0 Å². The fourth-order valence-corrected chi connectivity index (χ4v) is 1.35. The van der Waals surface area contributed by atoms with Crippen LogP contribution >= 0.6 is 11.6 Å². The van der Waals surface area contributed by atoms with Crippen molar-refractivity contribution in [2.45, 2.75) is 19.0 Å². The lowest BCUT2D eigenvalue weighted by Crippen LogP contribution is -2.10. The van der Waals surface area contributed by atoms with Gasteiger partial charge in [0.25, 0.3) is 0 Å². The van der Waals surface area contributed by atoms with Gasteiger partial charge in [-0.2, -0.15) is 13.2 Å². The SMILES string of the molecule is Fc1ccc(C#CCCl)cc1OCCCC(F)(F)F. The van der Waals surface area contributed by atoms with E-state index in [4.69, 9.17) is 16.3 Å². The third-order valence-corrected chi connectivity index (χ3v) is 2.23. The maximum Gasteiger partial charge on any atom is 0.389 e. The summed E-state index contributed by atoms with van der Waals surface area (Å²) in [6.45, 7) is -0.206. The zero-order valence-corrected chi connectivity index (χ0v) is 10.6. The van der Waals surface area contributed by atoms with E-state index in [1.54, 1.807) is 0 Å². The molecule has 0 heterocycles. The molecular weight excluding hydrogens is 284 g/mol. The van der Waals surface area contributed by atoms with Gasteiger partial charge in [0.1, 0.15) is 0 Å². The highest BCUT2D eigenvalue weighted by Gasteiger charge is 2.26. The van der Waals surface area contributed by atoms with Crippen LogP contribution in [0.1, 0.15) is 18.4 Å². The third-order valence-electron chi connectivity index (χ3n) is 2.09. The Kier molecular flexibility index (Phi) is 5.97. The Morgan fingerprint density at radius 1 is 1.26 bits per heavy atom. The molecule has 6 heteroatoms. The maximum atomic E-state index is 13.3. The molecule has 19 heavy (non-hydrogen) atoms. The average molecular weight is 295 g/mol. The second kappa shape index (κ2) is 7.25. The van der Waals surface area contributed by atoms with E-state index in [1.165, 1.54) is 12.1 Å².